The van der Waals surface area contributed by atoms with Gasteiger partial charge in [0.1, 0.15) is 0 Å². The van der Waals surface area contributed by atoms with Gasteiger partial charge in [-0.2, -0.15) is 0 Å². The number of hydrogen-bond donors (Lipinski definition) is 0. The van der Waals surface area contributed by atoms with E-state index in [1.807, 2.05) is 12.1 Å². The molecule has 0 atom stereocenters. The maximum Gasteiger partial charge on any atom is 0.426 e. The van der Waals surface area contributed by atoms with E-state index in [0.29, 0.717) is 11.1 Å². The molecule has 0 spiro atoms. The molecule has 0 aliphatic rings. The number of aromatic nitrogens is 1. The van der Waals surface area contributed by atoms with Crippen molar-refractivity contribution >= 4 is 17.0 Å². The Morgan fingerprint density at radius 1 is 1.33 bits per heavy atom. The molecule has 0 fully saturated rings. The Hall–Kier alpha value is -1.84. The molecule has 0 unspecified atom stereocenters. The first-order valence-corrected chi connectivity index (χ1v) is 6.04. The van der Waals surface area contributed by atoms with Crippen LogP contribution in [0.5, 0.6) is 0 Å². The lowest BCUT2D eigenvalue weighted by Gasteiger charge is -2.18. The molecule has 4 nitrogen and oxygen atoms in total. The topological polar surface area (TPSA) is 52.2 Å². The van der Waals surface area contributed by atoms with E-state index in [4.69, 9.17) is 4.42 Å². The highest BCUT2D eigenvalue weighted by Crippen LogP contribution is 2.25. The Morgan fingerprint density at radius 3 is 2.56 bits per heavy atom. The van der Waals surface area contributed by atoms with Crippen molar-refractivity contribution in [2.45, 2.75) is 39.5 Å². The lowest BCUT2D eigenvalue weighted by molar-refractivity contribution is 0.0905. The summed E-state index contributed by atoms with van der Waals surface area (Å²) in [4.78, 5) is 23.4. The third-order valence-corrected chi connectivity index (χ3v) is 3.00. The van der Waals surface area contributed by atoms with Crippen LogP contribution in [0.25, 0.3) is 11.1 Å². The largest absolute Gasteiger partial charge is 0.426 e. The fourth-order valence-electron chi connectivity index (χ4n) is 1.88. The molecule has 18 heavy (non-hydrogen) atoms. The summed E-state index contributed by atoms with van der Waals surface area (Å²) < 4.78 is 6.19. The number of fused-ring (bicyclic) bond motifs is 1. The quantitative estimate of drug-likeness (QED) is 0.778. The summed E-state index contributed by atoms with van der Waals surface area (Å²) in [5.41, 5.74) is 2.03. The molecule has 0 saturated carbocycles. The number of rotatable bonds is 1. The second-order valence-corrected chi connectivity index (χ2v) is 5.38. The maximum atomic E-state index is 11.8. The molecule has 0 amide bonds. The van der Waals surface area contributed by atoms with Crippen LogP contribution in [0.2, 0.25) is 0 Å². The Bertz CT molecular complexity index is 656. The molecule has 0 aliphatic heterocycles. The summed E-state index contributed by atoms with van der Waals surface area (Å²) in [6.45, 7) is 7.97. The van der Waals surface area contributed by atoms with Crippen LogP contribution < -0.4 is 5.76 Å². The molecule has 0 aliphatic carbocycles. The van der Waals surface area contributed by atoms with E-state index in [0.717, 1.165) is 10.1 Å². The van der Waals surface area contributed by atoms with Crippen LogP contribution in [-0.4, -0.2) is 10.5 Å². The van der Waals surface area contributed by atoms with Crippen LogP contribution >= 0.6 is 0 Å². The van der Waals surface area contributed by atoms with Gasteiger partial charge in [0, 0.05) is 6.42 Å². The Morgan fingerprint density at radius 2 is 2.00 bits per heavy atom. The average molecular weight is 247 g/mol. The summed E-state index contributed by atoms with van der Waals surface area (Å²) in [6, 6.07) is 5.52. The predicted octanol–water partition coefficient (Wildman–Crippen LogP) is 2.94. The molecule has 2 rings (SSSR count). The minimum atomic E-state index is -0.608. The van der Waals surface area contributed by atoms with Gasteiger partial charge in [-0.25, -0.2) is 9.36 Å². The molecule has 1 aromatic heterocycles. The Labute approximate surface area is 105 Å². The van der Waals surface area contributed by atoms with Crippen molar-refractivity contribution in [2.75, 3.05) is 0 Å². The summed E-state index contributed by atoms with van der Waals surface area (Å²) in [5, 5.41) is 0. The normalized spacial score (nSPS) is 12.0. The van der Waals surface area contributed by atoms with E-state index >= 15 is 0 Å². The van der Waals surface area contributed by atoms with Crippen LogP contribution in [0.3, 0.4) is 0 Å². The zero-order valence-corrected chi connectivity index (χ0v) is 11.1. The molecule has 0 bridgehead atoms. The van der Waals surface area contributed by atoms with Crippen molar-refractivity contribution in [3.8, 4) is 0 Å². The maximum absolute atomic E-state index is 11.8. The molecule has 0 saturated heterocycles. The standard InChI is InChI=1S/C14H17NO3/c1-5-12(16)15-10-8-9(14(2,3)4)6-7-11(10)18-13(15)17/h6-8H,5H2,1-4H3. The van der Waals surface area contributed by atoms with Crippen LogP contribution in [0.15, 0.2) is 27.4 Å². The van der Waals surface area contributed by atoms with Gasteiger partial charge in [-0.3, -0.25) is 4.79 Å². The van der Waals surface area contributed by atoms with Crippen molar-refractivity contribution in [3.63, 3.8) is 0 Å². The molecular weight excluding hydrogens is 230 g/mol. The summed E-state index contributed by atoms with van der Waals surface area (Å²) >= 11 is 0. The second kappa shape index (κ2) is 4.12. The van der Waals surface area contributed by atoms with E-state index < -0.39 is 5.76 Å². The molecule has 2 aromatic rings. The predicted molar refractivity (Wildman–Crippen MR) is 70.1 cm³/mol. The number of nitrogens with zero attached hydrogens (tertiary/aromatic N) is 1. The van der Waals surface area contributed by atoms with Gasteiger partial charge in [0.15, 0.2) is 5.58 Å². The van der Waals surface area contributed by atoms with E-state index in [1.54, 1.807) is 13.0 Å². The molecule has 1 aromatic carbocycles. The summed E-state index contributed by atoms with van der Waals surface area (Å²) in [6.07, 6.45) is 0.272. The van der Waals surface area contributed by atoms with Gasteiger partial charge >= 0.3 is 5.76 Å². The third kappa shape index (κ3) is 1.98. The van der Waals surface area contributed by atoms with Gasteiger partial charge in [-0.15, -0.1) is 0 Å². The van der Waals surface area contributed by atoms with Crippen molar-refractivity contribution in [1.82, 2.24) is 4.57 Å². The first-order chi connectivity index (χ1) is 8.34. The van der Waals surface area contributed by atoms with Gasteiger partial charge in [0.2, 0.25) is 5.91 Å². The first kappa shape index (κ1) is 12.6. The lowest BCUT2D eigenvalue weighted by Crippen LogP contribution is -2.21. The number of benzene rings is 1. The van der Waals surface area contributed by atoms with Gasteiger partial charge in [-0.1, -0.05) is 33.8 Å². The second-order valence-electron chi connectivity index (χ2n) is 5.38. The number of oxazole rings is 1. The minimum Gasteiger partial charge on any atom is -0.407 e. The molecule has 4 heteroatoms. The van der Waals surface area contributed by atoms with Crippen LogP contribution in [0.1, 0.15) is 44.5 Å². The fraction of sp³-hybridized carbons (Fsp3) is 0.429. The SMILES string of the molecule is CCC(=O)n1c(=O)oc2ccc(C(C)(C)C)cc21. The lowest BCUT2D eigenvalue weighted by atomic mass is 9.87. The van der Waals surface area contributed by atoms with E-state index in [9.17, 15) is 9.59 Å². The van der Waals surface area contributed by atoms with Crippen molar-refractivity contribution < 1.29 is 9.21 Å². The molecular formula is C14H17NO3. The molecule has 0 radical (unpaired) electrons. The van der Waals surface area contributed by atoms with Gasteiger partial charge in [0.25, 0.3) is 0 Å². The minimum absolute atomic E-state index is 0.0401. The number of hydrogen-bond acceptors (Lipinski definition) is 3. The molecule has 96 valence electrons. The van der Waals surface area contributed by atoms with E-state index in [-0.39, 0.29) is 17.7 Å². The Balaban J connectivity index is 2.75. The Kier molecular flexibility index (Phi) is 2.89. The van der Waals surface area contributed by atoms with Crippen molar-refractivity contribution in [2.24, 2.45) is 0 Å². The van der Waals surface area contributed by atoms with Crippen LogP contribution in [0.4, 0.5) is 0 Å². The molecule has 0 N–H and O–H groups in total. The zero-order valence-electron chi connectivity index (χ0n) is 11.1. The van der Waals surface area contributed by atoms with E-state index in [1.165, 1.54) is 0 Å². The van der Waals surface area contributed by atoms with Gasteiger partial charge in [-0.05, 0) is 23.1 Å². The summed E-state index contributed by atoms with van der Waals surface area (Å²) in [5.74, 6) is -0.854. The fourth-order valence-corrected chi connectivity index (χ4v) is 1.88. The molecule has 1 heterocycles. The highest BCUT2D eigenvalue weighted by molar-refractivity contribution is 5.89. The smallest absolute Gasteiger partial charge is 0.407 e. The monoisotopic (exact) mass is 247 g/mol. The van der Waals surface area contributed by atoms with Gasteiger partial charge < -0.3 is 4.42 Å². The first-order valence-electron chi connectivity index (χ1n) is 6.04. The third-order valence-electron chi connectivity index (χ3n) is 3.00. The summed E-state index contributed by atoms with van der Waals surface area (Å²) in [7, 11) is 0. The van der Waals surface area contributed by atoms with Crippen LogP contribution in [0, 0.1) is 0 Å². The van der Waals surface area contributed by atoms with E-state index in [2.05, 4.69) is 20.8 Å². The highest BCUT2D eigenvalue weighted by atomic mass is 16.4. The number of carbonyl (C=O) groups excluding carboxylic acids is 1. The van der Waals surface area contributed by atoms with Crippen molar-refractivity contribution in [1.29, 1.82) is 0 Å². The highest BCUT2D eigenvalue weighted by Gasteiger charge is 2.19. The number of carbonyl (C=O) groups is 1. The van der Waals surface area contributed by atoms with Gasteiger partial charge in [0.05, 0.1) is 5.52 Å². The average Bonchev–Trinajstić information content (AvgIpc) is 2.61. The zero-order chi connectivity index (χ0) is 13.5. The van der Waals surface area contributed by atoms with Crippen LogP contribution in [-0.2, 0) is 5.41 Å². The van der Waals surface area contributed by atoms with Crippen molar-refractivity contribution in [3.05, 3.63) is 34.3 Å².